The molecule has 4 rings (SSSR count). The highest BCUT2D eigenvalue weighted by Gasteiger charge is 2.36. The monoisotopic (exact) mass is 349 g/mol. The van der Waals surface area contributed by atoms with Gasteiger partial charge >= 0.3 is 0 Å². The Hall–Kier alpha value is -2.99. The first kappa shape index (κ1) is 16.5. The lowest BCUT2D eigenvalue weighted by Gasteiger charge is -2.13. The lowest BCUT2D eigenvalue weighted by molar-refractivity contribution is 0.0642. The number of benzene rings is 2. The second kappa shape index (κ2) is 6.72. The van der Waals surface area contributed by atoms with E-state index in [0.29, 0.717) is 16.7 Å². The maximum atomic E-state index is 12.7. The maximum Gasteiger partial charge on any atom is 0.261 e. The van der Waals surface area contributed by atoms with E-state index in [1.807, 2.05) is 30.3 Å². The van der Waals surface area contributed by atoms with E-state index >= 15 is 0 Å². The van der Waals surface area contributed by atoms with Gasteiger partial charge in [0.05, 0.1) is 17.7 Å². The molecule has 2 N–H and O–H groups in total. The van der Waals surface area contributed by atoms with Crippen molar-refractivity contribution < 1.29 is 14.4 Å². The summed E-state index contributed by atoms with van der Waals surface area (Å²) in [5.41, 5.74) is 1.93. The van der Waals surface area contributed by atoms with E-state index in [-0.39, 0.29) is 30.3 Å². The van der Waals surface area contributed by atoms with Crippen LogP contribution < -0.4 is 10.6 Å². The summed E-state index contributed by atoms with van der Waals surface area (Å²) in [6.45, 7) is 1.86. The molecule has 1 fully saturated rings. The van der Waals surface area contributed by atoms with Gasteiger partial charge in [0, 0.05) is 18.2 Å². The van der Waals surface area contributed by atoms with Crippen LogP contribution in [0, 0.1) is 0 Å². The zero-order chi connectivity index (χ0) is 18.1. The van der Waals surface area contributed by atoms with E-state index in [4.69, 9.17) is 0 Å². The van der Waals surface area contributed by atoms with E-state index in [0.717, 1.165) is 25.1 Å². The second-order valence-electron chi connectivity index (χ2n) is 6.61. The highest BCUT2D eigenvalue weighted by molar-refractivity contribution is 6.22. The molecule has 1 atom stereocenters. The van der Waals surface area contributed by atoms with Crippen molar-refractivity contribution in [1.29, 1.82) is 0 Å². The maximum absolute atomic E-state index is 12.7. The molecule has 26 heavy (non-hydrogen) atoms. The number of amides is 3. The fraction of sp³-hybridized carbons (Fsp3) is 0.250. The molecule has 2 aliphatic rings. The van der Waals surface area contributed by atoms with Gasteiger partial charge in [0.1, 0.15) is 0 Å². The Bertz CT molecular complexity index is 873. The van der Waals surface area contributed by atoms with Gasteiger partial charge in [0.15, 0.2) is 0 Å². The van der Waals surface area contributed by atoms with Crippen molar-refractivity contribution in [3.8, 4) is 0 Å². The number of hydrogen-bond acceptors (Lipinski definition) is 4. The molecule has 2 aliphatic heterocycles. The van der Waals surface area contributed by atoms with Crippen molar-refractivity contribution in [2.24, 2.45) is 0 Å². The van der Waals surface area contributed by atoms with Crippen molar-refractivity contribution in [1.82, 2.24) is 15.5 Å². The zero-order valence-corrected chi connectivity index (χ0v) is 14.2. The molecule has 2 aromatic carbocycles. The molecule has 0 bridgehead atoms. The minimum atomic E-state index is -0.356. The van der Waals surface area contributed by atoms with Crippen molar-refractivity contribution >= 4 is 17.7 Å². The molecule has 1 saturated heterocycles. The van der Waals surface area contributed by atoms with Crippen molar-refractivity contribution in [2.45, 2.75) is 19.0 Å². The molecular weight excluding hydrogens is 330 g/mol. The Kier molecular flexibility index (Phi) is 4.26. The molecule has 0 saturated carbocycles. The van der Waals surface area contributed by atoms with E-state index in [2.05, 4.69) is 10.6 Å². The number of nitrogens with one attached hydrogen (secondary N) is 2. The topological polar surface area (TPSA) is 78.5 Å². The van der Waals surface area contributed by atoms with E-state index < -0.39 is 0 Å². The summed E-state index contributed by atoms with van der Waals surface area (Å²) in [4.78, 5) is 38.9. The Morgan fingerprint density at radius 1 is 1.08 bits per heavy atom. The summed E-state index contributed by atoms with van der Waals surface area (Å²) in [5, 5.41) is 6.14. The van der Waals surface area contributed by atoms with Gasteiger partial charge < -0.3 is 10.6 Å². The first-order valence-electron chi connectivity index (χ1n) is 8.69. The van der Waals surface area contributed by atoms with E-state index in [1.54, 1.807) is 12.1 Å². The number of hydrogen-bond donors (Lipinski definition) is 2. The Morgan fingerprint density at radius 2 is 1.85 bits per heavy atom. The van der Waals surface area contributed by atoms with Crippen LogP contribution >= 0.6 is 0 Å². The fourth-order valence-electron chi connectivity index (χ4n) is 3.39. The minimum absolute atomic E-state index is 0.0997. The first-order chi connectivity index (χ1) is 12.6. The number of imide groups is 1. The summed E-state index contributed by atoms with van der Waals surface area (Å²) >= 11 is 0. The average Bonchev–Trinajstić information content (AvgIpc) is 3.25. The van der Waals surface area contributed by atoms with Gasteiger partial charge in [-0.15, -0.1) is 0 Å². The molecule has 2 heterocycles. The smallest absolute Gasteiger partial charge is 0.261 e. The third-order valence-corrected chi connectivity index (χ3v) is 4.81. The molecule has 2 aromatic rings. The summed E-state index contributed by atoms with van der Waals surface area (Å²) in [6, 6.07) is 14.2. The van der Waals surface area contributed by atoms with Gasteiger partial charge in [-0.1, -0.05) is 30.3 Å². The van der Waals surface area contributed by atoms with Crippen molar-refractivity contribution in [3.63, 3.8) is 0 Å². The van der Waals surface area contributed by atoms with Crippen LogP contribution in [0.4, 0.5) is 0 Å². The number of carbonyl (C=O) groups is 3. The van der Waals surface area contributed by atoms with Gasteiger partial charge in [-0.05, 0) is 36.7 Å². The highest BCUT2D eigenvalue weighted by atomic mass is 16.2. The number of fused-ring (bicyclic) bond motifs is 1. The Balaban J connectivity index is 1.55. The van der Waals surface area contributed by atoms with Crippen molar-refractivity contribution in [3.05, 3.63) is 70.8 Å². The predicted molar refractivity (Wildman–Crippen MR) is 95.8 cm³/mol. The molecule has 6 nitrogen and oxygen atoms in total. The van der Waals surface area contributed by atoms with Crippen LogP contribution in [0.3, 0.4) is 0 Å². The van der Waals surface area contributed by atoms with Crippen LogP contribution in [0.1, 0.15) is 43.1 Å². The molecule has 1 unspecified atom stereocenters. The number of nitrogens with zero attached hydrogens (tertiary/aromatic N) is 1. The van der Waals surface area contributed by atoms with E-state index in [1.165, 1.54) is 11.0 Å². The van der Waals surface area contributed by atoms with Crippen LogP contribution in [0.15, 0.2) is 48.5 Å². The Labute approximate surface area is 151 Å². The number of rotatable bonds is 4. The summed E-state index contributed by atoms with van der Waals surface area (Å²) in [7, 11) is 0. The van der Waals surface area contributed by atoms with Crippen molar-refractivity contribution in [2.75, 3.05) is 13.1 Å². The van der Waals surface area contributed by atoms with Gasteiger partial charge in [-0.25, -0.2) is 0 Å². The standard InChI is InChI=1S/C20H19N3O3/c24-18(22-15-8-9-21-11-15)14-6-7-16-17(10-14)20(26)23(19(16)25)12-13-4-2-1-3-5-13/h1-7,10,15,21H,8-9,11-12H2,(H,22,24). The summed E-state index contributed by atoms with van der Waals surface area (Å²) in [6.07, 6.45) is 0.888. The molecule has 0 aliphatic carbocycles. The second-order valence-corrected chi connectivity index (χ2v) is 6.61. The first-order valence-corrected chi connectivity index (χ1v) is 8.69. The molecule has 3 amide bonds. The van der Waals surface area contributed by atoms with Crippen LogP contribution in [0.5, 0.6) is 0 Å². The van der Waals surface area contributed by atoms with Crippen LogP contribution in [-0.4, -0.2) is 41.8 Å². The third-order valence-electron chi connectivity index (χ3n) is 4.81. The van der Waals surface area contributed by atoms with Gasteiger partial charge in [0.25, 0.3) is 17.7 Å². The van der Waals surface area contributed by atoms with E-state index in [9.17, 15) is 14.4 Å². The van der Waals surface area contributed by atoms with Gasteiger partial charge in [-0.2, -0.15) is 0 Å². The lowest BCUT2D eigenvalue weighted by atomic mass is 10.0. The SMILES string of the molecule is O=C(NC1CCNC1)c1ccc2c(c1)C(=O)N(Cc1ccccc1)C2=O. The highest BCUT2D eigenvalue weighted by Crippen LogP contribution is 2.25. The molecule has 6 heteroatoms. The van der Waals surface area contributed by atoms with Crippen LogP contribution in [0.25, 0.3) is 0 Å². The largest absolute Gasteiger partial charge is 0.348 e. The molecule has 0 radical (unpaired) electrons. The predicted octanol–water partition coefficient (Wildman–Crippen LogP) is 1.57. The quantitative estimate of drug-likeness (QED) is 0.822. The number of carbonyl (C=O) groups excluding carboxylic acids is 3. The lowest BCUT2D eigenvalue weighted by Crippen LogP contribution is -2.36. The summed E-state index contributed by atoms with van der Waals surface area (Å²) < 4.78 is 0. The molecular formula is C20H19N3O3. The normalized spacial score (nSPS) is 18.9. The fourth-order valence-corrected chi connectivity index (χ4v) is 3.39. The van der Waals surface area contributed by atoms with Crippen LogP contribution in [-0.2, 0) is 6.54 Å². The van der Waals surface area contributed by atoms with Crippen LogP contribution in [0.2, 0.25) is 0 Å². The Morgan fingerprint density at radius 3 is 2.58 bits per heavy atom. The van der Waals surface area contributed by atoms with Gasteiger partial charge in [0.2, 0.25) is 0 Å². The summed E-state index contributed by atoms with van der Waals surface area (Å²) in [5.74, 6) is -0.893. The third kappa shape index (κ3) is 2.99. The minimum Gasteiger partial charge on any atom is -0.348 e. The zero-order valence-electron chi connectivity index (χ0n) is 14.2. The molecule has 132 valence electrons. The van der Waals surface area contributed by atoms with Gasteiger partial charge in [-0.3, -0.25) is 19.3 Å². The molecule has 0 aromatic heterocycles. The average molecular weight is 349 g/mol. The molecule has 0 spiro atoms.